The van der Waals surface area contributed by atoms with Crippen LogP contribution in [0.25, 0.3) is 0 Å². The highest BCUT2D eigenvalue weighted by atomic mass is 32.2. The Balaban J connectivity index is 1.70. The van der Waals surface area contributed by atoms with Gasteiger partial charge in [0.2, 0.25) is 0 Å². The Morgan fingerprint density at radius 3 is 2.81 bits per heavy atom. The van der Waals surface area contributed by atoms with Gasteiger partial charge >= 0.3 is 5.97 Å². The molecule has 0 spiro atoms. The number of ether oxygens (including phenoxy) is 1. The van der Waals surface area contributed by atoms with Gasteiger partial charge in [0.05, 0.1) is 6.61 Å². The summed E-state index contributed by atoms with van der Waals surface area (Å²) in [5, 5.41) is 0.881. The third kappa shape index (κ3) is 2.82. The summed E-state index contributed by atoms with van der Waals surface area (Å²) in [4.78, 5) is 11.2. The van der Waals surface area contributed by atoms with Crippen LogP contribution in [0, 0.1) is 11.8 Å². The lowest BCUT2D eigenvalue weighted by Crippen LogP contribution is -2.34. The molecule has 2 bridgehead atoms. The Hall–Kier alpha value is -0.440. The molecule has 3 atom stereocenters. The molecule has 2 heterocycles. The molecule has 16 heavy (non-hydrogen) atoms. The van der Waals surface area contributed by atoms with Crippen LogP contribution in [0.1, 0.15) is 32.6 Å². The number of thioether (sulfide) groups is 1. The fourth-order valence-electron chi connectivity index (χ4n) is 2.69. The number of esters is 1. The third-order valence-electron chi connectivity index (χ3n) is 3.71. The average molecular weight is 240 g/mol. The normalized spacial score (nSPS) is 32.4. The summed E-state index contributed by atoms with van der Waals surface area (Å²) in [6.07, 6.45) is 5.16. The first-order valence-corrected chi connectivity index (χ1v) is 7.16. The fourth-order valence-corrected chi connectivity index (χ4v) is 4.34. The molecule has 0 aromatic heterocycles. The first-order chi connectivity index (χ1) is 7.66. The van der Waals surface area contributed by atoms with Crippen LogP contribution in [-0.2, 0) is 9.53 Å². The van der Waals surface area contributed by atoms with Crippen LogP contribution in [0.15, 0.2) is 12.2 Å². The van der Waals surface area contributed by atoms with Gasteiger partial charge in [0, 0.05) is 10.8 Å². The lowest BCUT2D eigenvalue weighted by Gasteiger charge is -2.41. The second-order valence-corrected chi connectivity index (χ2v) is 6.33. The second kappa shape index (κ2) is 5.26. The van der Waals surface area contributed by atoms with Crippen LogP contribution >= 0.6 is 11.8 Å². The summed E-state index contributed by atoms with van der Waals surface area (Å²) in [6.45, 7) is 5.85. The van der Waals surface area contributed by atoms with E-state index >= 15 is 0 Å². The summed E-state index contributed by atoms with van der Waals surface area (Å²) >= 11 is 2.14. The lowest BCUT2D eigenvalue weighted by atomic mass is 9.78. The highest BCUT2D eigenvalue weighted by molar-refractivity contribution is 8.00. The Morgan fingerprint density at radius 2 is 2.31 bits per heavy atom. The molecule has 2 nitrogen and oxygen atoms in total. The molecule has 3 heteroatoms. The number of rotatable bonds is 4. The number of carbonyl (C=O) groups excluding carboxylic acids is 1. The molecule has 90 valence electrons. The summed E-state index contributed by atoms with van der Waals surface area (Å²) < 4.78 is 5.17. The molecule has 2 aliphatic heterocycles. The fraction of sp³-hybridized carbons (Fsp3) is 0.769. The maximum absolute atomic E-state index is 11.2. The van der Waals surface area contributed by atoms with E-state index in [0.717, 1.165) is 23.5 Å². The maximum Gasteiger partial charge on any atom is 0.333 e. The molecule has 3 unspecified atom stereocenters. The predicted octanol–water partition coefficient (Wildman–Crippen LogP) is 3.03. The number of fused-ring (bicyclic) bond motifs is 3. The Kier molecular flexibility index (Phi) is 3.95. The van der Waals surface area contributed by atoms with E-state index in [2.05, 4.69) is 18.3 Å². The van der Waals surface area contributed by atoms with Crippen LogP contribution in [0.2, 0.25) is 0 Å². The van der Waals surface area contributed by atoms with E-state index in [9.17, 15) is 4.79 Å². The molecule has 0 aromatic rings. The third-order valence-corrected chi connectivity index (χ3v) is 5.23. The smallest absolute Gasteiger partial charge is 0.333 e. The Morgan fingerprint density at radius 1 is 1.50 bits per heavy atom. The van der Waals surface area contributed by atoms with Crippen LogP contribution in [0.3, 0.4) is 0 Å². The molecular formula is C13H20O2S. The van der Waals surface area contributed by atoms with Crippen molar-refractivity contribution in [1.82, 2.24) is 0 Å². The van der Waals surface area contributed by atoms with Gasteiger partial charge in [-0.15, -0.1) is 0 Å². The van der Waals surface area contributed by atoms with Gasteiger partial charge in [0.1, 0.15) is 0 Å². The zero-order valence-corrected chi connectivity index (χ0v) is 10.7. The van der Waals surface area contributed by atoms with E-state index in [-0.39, 0.29) is 5.97 Å². The Bertz CT molecular complexity index is 280. The van der Waals surface area contributed by atoms with Crippen molar-refractivity contribution in [3.05, 3.63) is 12.2 Å². The van der Waals surface area contributed by atoms with Crippen LogP contribution in [-0.4, -0.2) is 23.6 Å². The minimum atomic E-state index is -0.240. The minimum Gasteiger partial charge on any atom is -0.462 e. The molecule has 3 fully saturated rings. The van der Waals surface area contributed by atoms with E-state index in [4.69, 9.17) is 4.74 Å². The van der Waals surface area contributed by atoms with Crippen molar-refractivity contribution < 1.29 is 9.53 Å². The van der Waals surface area contributed by atoms with Gasteiger partial charge < -0.3 is 4.74 Å². The summed E-state index contributed by atoms with van der Waals surface area (Å²) in [7, 11) is 0. The quantitative estimate of drug-likeness (QED) is 0.558. The zero-order chi connectivity index (χ0) is 11.5. The Labute approximate surface area is 102 Å². The van der Waals surface area contributed by atoms with Crippen molar-refractivity contribution in [2.75, 3.05) is 12.4 Å². The first kappa shape index (κ1) is 12.0. The molecule has 3 rings (SSSR count). The van der Waals surface area contributed by atoms with Crippen LogP contribution in [0.5, 0.6) is 0 Å². The van der Waals surface area contributed by atoms with Crippen molar-refractivity contribution in [3.8, 4) is 0 Å². The average Bonchev–Trinajstić information content (AvgIpc) is 2.30. The van der Waals surface area contributed by atoms with Crippen LogP contribution < -0.4 is 0 Å². The van der Waals surface area contributed by atoms with Gasteiger partial charge in [-0.05, 0) is 50.2 Å². The number of hydrogen-bond acceptors (Lipinski definition) is 3. The highest BCUT2D eigenvalue weighted by Gasteiger charge is 2.35. The zero-order valence-electron chi connectivity index (χ0n) is 9.91. The predicted molar refractivity (Wildman–Crippen MR) is 67.5 cm³/mol. The van der Waals surface area contributed by atoms with E-state index in [0.29, 0.717) is 12.2 Å². The molecule has 1 saturated carbocycles. The second-order valence-electron chi connectivity index (χ2n) is 4.99. The molecule has 3 aliphatic rings. The number of hydrogen-bond donors (Lipinski definition) is 0. The van der Waals surface area contributed by atoms with Gasteiger partial charge in [0.15, 0.2) is 0 Å². The molecule has 0 aromatic carbocycles. The largest absolute Gasteiger partial charge is 0.462 e. The van der Waals surface area contributed by atoms with Crippen molar-refractivity contribution in [2.24, 2.45) is 11.8 Å². The van der Waals surface area contributed by atoms with Gasteiger partial charge in [-0.25, -0.2) is 4.79 Å². The van der Waals surface area contributed by atoms with E-state index in [1.165, 1.54) is 25.0 Å². The molecule has 1 aliphatic carbocycles. The molecule has 0 amide bonds. The monoisotopic (exact) mass is 240 g/mol. The SMILES string of the molecule is C=C(C)C(=O)OCCC1CC2CCC1CS2. The maximum atomic E-state index is 11.2. The van der Waals surface area contributed by atoms with Crippen molar-refractivity contribution in [3.63, 3.8) is 0 Å². The van der Waals surface area contributed by atoms with Crippen molar-refractivity contribution in [1.29, 1.82) is 0 Å². The van der Waals surface area contributed by atoms with E-state index in [1.54, 1.807) is 6.92 Å². The van der Waals surface area contributed by atoms with E-state index < -0.39 is 0 Å². The standard InChI is InChI=1S/C13H20O2S/c1-9(2)13(14)15-6-5-10-7-12-4-3-11(10)8-16-12/h10-12H,1,3-8H2,2H3. The first-order valence-electron chi connectivity index (χ1n) is 6.11. The molecule has 0 radical (unpaired) electrons. The van der Waals surface area contributed by atoms with Crippen LogP contribution in [0.4, 0.5) is 0 Å². The van der Waals surface area contributed by atoms with Crippen molar-refractivity contribution in [2.45, 2.75) is 37.9 Å². The van der Waals surface area contributed by atoms with Crippen molar-refractivity contribution >= 4 is 17.7 Å². The van der Waals surface area contributed by atoms with Gasteiger partial charge in [0.25, 0.3) is 0 Å². The summed E-state index contributed by atoms with van der Waals surface area (Å²) in [5.74, 6) is 2.75. The van der Waals surface area contributed by atoms with Gasteiger partial charge in [-0.2, -0.15) is 11.8 Å². The molecule has 2 saturated heterocycles. The van der Waals surface area contributed by atoms with Gasteiger partial charge in [-0.1, -0.05) is 6.58 Å². The number of carbonyl (C=O) groups is 1. The highest BCUT2D eigenvalue weighted by Crippen LogP contribution is 2.45. The van der Waals surface area contributed by atoms with E-state index in [1.807, 2.05) is 0 Å². The molecular weight excluding hydrogens is 220 g/mol. The summed E-state index contributed by atoms with van der Waals surface area (Å²) in [6, 6.07) is 0. The lowest BCUT2D eigenvalue weighted by molar-refractivity contribution is -0.139. The molecule has 0 N–H and O–H groups in total. The summed E-state index contributed by atoms with van der Waals surface area (Å²) in [5.41, 5.74) is 0.501. The van der Waals surface area contributed by atoms with Gasteiger partial charge in [-0.3, -0.25) is 0 Å². The topological polar surface area (TPSA) is 26.3 Å². The minimum absolute atomic E-state index is 0.240.